The third-order valence-electron chi connectivity index (χ3n) is 4.56. The average Bonchev–Trinajstić information content (AvgIpc) is 2.74. The number of carbonyl (C=O) groups is 2. The Balaban J connectivity index is 1.79. The number of fused-ring (bicyclic) bond motifs is 1. The van der Waals surface area contributed by atoms with E-state index in [2.05, 4.69) is 15.7 Å². The number of nitrogens with zero attached hydrogens (tertiary/aromatic N) is 2. The molecule has 0 atom stereocenters. The molecule has 0 fully saturated rings. The molecule has 0 spiro atoms. The van der Waals surface area contributed by atoms with Gasteiger partial charge in [-0.3, -0.25) is 14.4 Å². The van der Waals surface area contributed by atoms with E-state index in [0.717, 1.165) is 5.56 Å². The summed E-state index contributed by atoms with van der Waals surface area (Å²) in [5, 5.41) is 10.4. The Labute approximate surface area is 173 Å². The molecule has 0 radical (unpaired) electrons. The second kappa shape index (κ2) is 9.21. The van der Waals surface area contributed by atoms with Crippen LogP contribution in [0.5, 0.6) is 5.75 Å². The molecule has 30 heavy (non-hydrogen) atoms. The molecule has 0 aliphatic rings. The summed E-state index contributed by atoms with van der Waals surface area (Å²) >= 11 is 0. The minimum atomic E-state index is -0.526. The fraction of sp³-hybridized carbons (Fsp3) is 0.273. The molecule has 0 aliphatic heterocycles. The number of benzene rings is 2. The molecule has 1 aromatic heterocycles. The van der Waals surface area contributed by atoms with Gasteiger partial charge in [0.1, 0.15) is 5.75 Å². The van der Waals surface area contributed by atoms with Crippen LogP contribution in [0.15, 0.2) is 47.3 Å². The van der Waals surface area contributed by atoms with E-state index in [4.69, 9.17) is 4.74 Å². The molecule has 2 amide bonds. The van der Waals surface area contributed by atoms with Gasteiger partial charge in [-0.2, -0.15) is 5.10 Å². The van der Waals surface area contributed by atoms with Gasteiger partial charge in [0.25, 0.3) is 11.5 Å². The summed E-state index contributed by atoms with van der Waals surface area (Å²) in [6.07, 6.45) is 0.701. The maximum Gasteiger partial charge on any atom is 0.274 e. The second-order valence-electron chi connectivity index (χ2n) is 6.86. The summed E-state index contributed by atoms with van der Waals surface area (Å²) in [4.78, 5) is 37.7. The number of carbonyl (C=O) groups excluding carboxylic acids is 2. The zero-order valence-electron chi connectivity index (χ0n) is 17.2. The molecule has 1 heterocycles. The lowest BCUT2D eigenvalue weighted by molar-refractivity contribution is -0.115. The number of hydrogen-bond acceptors (Lipinski definition) is 5. The molecule has 0 bridgehead atoms. The van der Waals surface area contributed by atoms with Crippen LogP contribution in [-0.4, -0.2) is 35.2 Å². The smallest absolute Gasteiger partial charge is 0.274 e. The highest BCUT2D eigenvalue weighted by Crippen LogP contribution is 2.25. The van der Waals surface area contributed by atoms with Crippen molar-refractivity contribution >= 4 is 28.3 Å². The normalized spacial score (nSPS) is 10.6. The van der Waals surface area contributed by atoms with Crippen LogP contribution >= 0.6 is 0 Å². The Morgan fingerprint density at radius 1 is 1.13 bits per heavy atom. The van der Waals surface area contributed by atoms with Gasteiger partial charge in [0, 0.05) is 11.9 Å². The Kier molecular flexibility index (Phi) is 6.46. The number of rotatable bonds is 7. The van der Waals surface area contributed by atoms with Gasteiger partial charge in [0.2, 0.25) is 5.91 Å². The molecule has 0 aliphatic carbocycles. The second-order valence-corrected chi connectivity index (χ2v) is 6.86. The number of aromatic nitrogens is 2. The third kappa shape index (κ3) is 4.48. The maximum atomic E-state index is 12.8. The van der Waals surface area contributed by atoms with E-state index < -0.39 is 11.8 Å². The Hall–Kier alpha value is -3.68. The van der Waals surface area contributed by atoms with Crippen LogP contribution in [-0.2, 0) is 11.3 Å². The zero-order valence-corrected chi connectivity index (χ0v) is 17.2. The molecule has 0 saturated heterocycles. The Morgan fingerprint density at radius 2 is 1.87 bits per heavy atom. The summed E-state index contributed by atoms with van der Waals surface area (Å²) < 4.78 is 6.53. The molecule has 156 valence electrons. The summed E-state index contributed by atoms with van der Waals surface area (Å²) in [7, 11) is 1.52. The van der Waals surface area contributed by atoms with Gasteiger partial charge in [-0.25, -0.2) is 4.68 Å². The number of ether oxygens (including phenoxy) is 1. The highest BCUT2D eigenvalue weighted by atomic mass is 16.5. The van der Waals surface area contributed by atoms with Crippen LogP contribution < -0.4 is 20.9 Å². The van der Waals surface area contributed by atoms with Crippen molar-refractivity contribution in [1.29, 1.82) is 0 Å². The highest BCUT2D eigenvalue weighted by Gasteiger charge is 2.17. The molecular formula is C22H24N4O4. The number of hydrogen-bond donors (Lipinski definition) is 2. The number of anilines is 1. The molecule has 8 nitrogen and oxygen atoms in total. The molecule has 2 aromatic carbocycles. The predicted octanol–water partition coefficient (Wildman–Crippen LogP) is 2.49. The molecular weight excluding hydrogens is 384 g/mol. The number of methoxy groups -OCH3 is 1. The van der Waals surface area contributed by atoms with Crippen LogP contribution in [0.4, 0.5) is 5.69 Å². The molecule has 2 N–H and O–H groups in total. The molecule has 3 aromatic rings. The van der Waals surface area contributed by atoms with Crippen molar-refractivity contribution < 1.29 is 14.3 Å². The minimum absolute atomic E-state index is 0.111. The van der Waals surface area contributed by atoms with Gasteiger partial charge in [0.15, 0.2) is 5.69 Å². The van der Waals surface area contributed by atoms with E-state index in [1.165, 1.54) is 11.8 Å². The first-order chi connectivity index (χ1) is 14.4. The summed E-state index contributed by atoms with van der Waals surface area (Å²) in [5.41, 5.74) is 1.36. The first-order valence-corrected chi connectivity index (χ1v) is 9.67. The molecule has 8 heteroatoms. The van der Waals surface area contributed by atoms with Crippen molar-refractivity contribution in [2.45, 2.75) is 26.8 Å². The SMILES string of the molecule is CCCn1nc(C(=O)NCC(=O)Nc2cc(C)ccc2OC)c2ccccc2c1=O. The fourth-order valence-corrected chi connectivity index (χ4v) is 3.12. The number of amides is 2. The van der Waals surface area contributed by atoms with Gasteiger partial charge in [-0.1, -0.05) is 31.2 Å². The Bertz CT molecular complexity index is 1150. The van der Waals surface area contributed by atoms with E-state index in [-0.39, 0.29) is 17.8 Å². The van der Waals surface area contributed by atoms with E-state index in [9.17, 15) is 14.4 Å². The quantitative estimate of drug-likeness (QED) is 0.625. The fourth-order valence-electron chi connectivity index (χ4n) is 3.12. The molecule has 0 saturated carbocycles. The predicted molar refractivity (Wildman–Crippen MR) is 115 cm³/mol. The van der Waals surface area contributed by atoms with Crippen LogP contribution in [0.3, 0.4) is 0 Å². The standard InChI is InChI=1S/C22H24N4O4/c1-4-11-26-22(29)16-8-6-5-7-15(16)20(25-26)21(28)23-13-19(27)24-17-12-14(2)9-10-18(17)30-3/h5-10,12H,4,11,13H2,1-3H3,(H,23,28)(H,24,27). The lowest BCUT2D eigenvalue weighted by atomic mass is 10.1. The van der Waals surface area contributed by atoms with E-state index in [1.807, 2.05) is 19.9 Å². The van der Waals surface area contributed by atoms with Crippen LogP contribution in [0.2, 0.25) is 0 Å². The topological polar surface area (TPSA) is 102 Å². The van der Waals surface area contributed by atoms with Gasteiger partial charge in [-0.15, -0.1) is 0 Å². The van der Waals surface area contributed by atoms with Crippen LogP contribution in [0.1, 0.15) is 29.4 Å². The minimum Gasteiger partial charge on any atom is -0.495 e. The van der Waals surface area contributed by atoms with Crippen molar-refractivity contribution in [3.05, 3.63) is 64.1 Å². The van der Waals surface area contributed by atoms with Crippen molar-refractivity contribution in [2.75, 3.05) is 19.0 Å². The summed E-state index contributed by atoms with van der Waals surface area (Å²) in [6.45, 7) is 3.97. The largest absolute Gasteiger partial charge is 0.495 e. The van der Waals surface area contributed by atoms with Crippen LogP contribution in [0.25, 0.3) is 10.8 Å². The maximum absolute atomic E-state index is 12.8. The number of nitrogens with one attached hydrogen (secondary N) is 2. The van der Waals surface area contributed by atoms with Crippen LogP contribution in [0, 0.1) is 6.92 Å². The van der Waals surface area contributed by atoms with Crippen molar-refractivity contribution in [1.82, 2.24) is 15.1 Å². The van der Waals surface area contributed by atoms with Gasteiger partial charge >= 0.3 is 0 Å². The highest BCUT2D eigenvalue weighted by molar-refractivity contribution is 6.06. The van der Waals surface area contributed by atoms with Crippen molar-refractivity contribution in [3.63, 3.8) is 0 Å². The molecule has 3 rings (SSSR count). The molecule has 0 unspecified atom stereocenters. The third-order valence-corrected chi connectivity index (χ3v) is 4.56. The van der Waals surface area contributed by atoms with Crippen molar-refractivity contribution in [3.8, 4) is 5.75 Å². The zero-order chi connectivity index (χ0) is 21.7. The lowest BCUT2D eigenvalue weighted by Crippen LogP contribution is -2.35. The first kappa shape index (κ1) is 21.0. The van der Waals surface area contributed by atoms with Crippen molar-refractivity contribution in [2.24, 2.45) is 0 Å². The monoisotopic (exact) mass is 408 g/mol. The van der Waals surface area contributed by atoms with E-state index in [1.54, 1.807) is 36.4 Å². The average molecular weight is 408 g/mol. The Morgan fingerprint density at radius 3 is 2.57 bits per heavy atom. The van der Waals surface area contributed by atoms with E-state index >= 15 is 0 Å². The van der Waals surface area contributed by atoms with Gasteiger partial charge in [-0.05, 0) is 37.1 Å². The van der Waals surface area contributed by atoms with Gasteiger partial charge in [0.05, 0.1) is 24.7 Å². The first-order valence-electron chi connectivity index (χ1n) is 9.67. The number of aryl methyl sites for hydroxylation is 2. The lowest BCUT2D eigenvalue weighted by Gasteiger charge is -2.12. The van der Waals surface area contributed by atoms with E-state index in [0.29, 0.717) is 35.2 Å². The summed E-state index contributed by atoms with van der Waals surface area (Å²) in [6, 6.07) is 12.2. The van der Waals surface area contributed by atoms with Gasteiger partial charge < -0.3 is 15.4 Å². The summed E-state index contributed by atoms with van der Waals surface area (Å²) in [5.74, 6) is -0.402.